The predicted octanol–water partition coefficient (Wildman–Crippen LogP) is 17.8. The van der Waals surface area contributed by atoms with Crippen LogP contribution < -0.4 is 4.90 Å². The highest BCUT2D eigenvalue weighted by Crippen LogP contribution is 2.64. The fraction of sp³-hybridized carbons (Fsp3) is 0.0149. The van der Waals surface area contributed by atoms with Crippen LogP contribution in [0, 0.1) is 0 Å². The number of para-hydroxylation sites is 1. The lowest BCUT2D eigenvalue weighted by molar-refractivity contribution is 0.753. The third kappa shape index (κ3) is 6.17. The van der Waals surface area contributed by atoms with E-state index < -0.39 is 5.41 Å². The van der Waals surface area contributed by atoms with Crippen molar-refractivity contribution in [1.82, 2.24) is 0 Å². The fourth-order valence-electron chi connectivity index (χ4n) is 11.5. The van der Waals surface area contributed by atoms with E-state index in [0.29, 0.717) is 0 Å². The maximum atomic E-state index is 2.54. The number of benzene rings is 11. The fourth-order valence-corrected chi connectivity index (χ4v) is 11.5. The van der Waals surface area contributed by atoms with Gasteiger partial charge in [0, 0.05) is 5.69 Å². The SMILES string of the molecule is c1ccc(-c2cccc(-c3ccccc3)c2-c2ccc3c(c2)C2(c4ccccc4-c4ccccc42)c2cc(-c4c(-c5ccccc5)cccc4-c4ccccc4)ccc2N3c2ccccc2)cc1. The average Bonchev–Trinajstić information content (AvgIpc) is 3.72. The van der Waals surface area contributed by atoms with E-state index in [0.717, 1.165) is 5.69 Å². The Morgan fingerprint density at radius 2 is 0.529 bits per heavy atom. The zero-order valence-corrected chi connectivity index (χ0v) is 37.4. The molecule has 0 amide bonds. The molecule has 318 valence electrons. The van der Waals surface area contributed by atoms with Gasteiger partial charge in [-0.1, -0.05) is 237 Å². The molecule has 1 aliphatic carbocycles. The van der Waals surface area contributed by atoms with Crippen molar-refractivity contribution in [3.05, 3.63) is 295 Å². The highest BCUT2D eigenvalue weighted by atomic mass is 15.2. The number of nitrogens with zero attached hydrogens (tertiary/aromatic N) is 1. The Morgan fingerprint density at radius 3 is 0.897 bits per heavy atom. The normalized spacial score (nSPS) is 12.8. The standard InChI is InChI=1S/C67H45N/c1-6-22-46(23-7-1)53-34-20-35-54(47-24-8-2-9-25-47)65(53)50-40-42-63-61(44-50)67(59-38-18-16-32-57(59)58-33-17-19-39-60(58)67)62-45-51(41-43-64(62)68(63)52-30-14-5-15-31-52)66-55(48-26-10-3-11-27-48)36-21-37-56(66)49-28-12-4-13-29-49/h1-45H. The Morgan fingerprint density at radius 1 is 0.221 bits per heavy atom. The summed E-state index contributed by atoms with van der Waals surface area (Å²) in [6.07, 6.45) is 0. The van der Waals surface area contributed by atoms with Gasteiger partial charge in [-0.25, -0.2) is 0 Å². The van der Waals surface area contributed by atoms with E-state index in [9.17, 15) is 0 Å². The van der Waals surface area contributed by atoms with Gasteiger partial charge in [-0.15, -0.1) is 0 Å². The zero-order valence-electron chi connectivity index (χ0n) is 37.4. The van der Waals surface area contributed by atoms with Gasteiger partial charge < -0.3 is 4.90 Å². The van der Waals surface area contributed by atoms with Crippen LogP contribution in [0.2, 0.25) is 0 Å². The number of fused-ring (bicyclic) bond motifs is 9. The molecule has 1 aliphatic heterocycles. The Labute approximate surface area is 398 Å². The second-order valence-corrected chi connectivity index (χ2v) is 17.9. The predicted molar refractivity (Wildman–Crippen MR) is 285 cm³/mol. The van der Waals surface area contributed by atoms with Crippen LogP contribution in [0.4, 0.5) is 17.1 Å². The third-order valence-corrected chi connectivity index (χ3v) is 14.3. The first-order valence-corrected chi connectivity index (χ1v) is 23.6. The second kappa shape index (κ2) is 16.3. The van der Waals surface area contributed by atoms with Crippen molar-refractivity contribution in [1.29, 1.82) is 0 Å². The van der Waals surface area contributed by atoms with Gasteiger partial charge in [0.15, 0.2) is 0 Å². The maximum absolute atomic E-state index is 2.54. The van der Waals surface area contributed by atoms with E-state index in [1.807, 2.05) is 0 Å². The van der Waals surface area contributed by atoms with Gasteiger partial charge in [-0.3, -0.25) is 0 Å². The smallest absolute Gasteiger partial charge is 0.0754 e. The molecule has 0 bridgehead atoms. The van der Waals surface area contributed by atoms with Gasteiger partial charge in [0.25, 0.3) is 0 Å². The topological polar surface area (TPSA) is 3.24 Å². The van der Waals surface area contributed by atoms with Crippen LogP contribution in [-0.2, 0) is 5.41 Å². The summed E-state index contributed by atoms with van der Waals surface area (Å²) in [7, 11) is 0. The summed E-state index contributed by atoms with van der Waals surface area (Å²) in [5.74, 6) is 0. The maximum Gasteiger partial charge on any atom is 0.0754 e. The molecule has 13 rings (SSSR count). The minimum absolute atomic E-state index is 0.682. The van der Waals surface area contributed by atoms with Crippen LogP contribution in [0.25, 0.3) is 77.9 Å². The van der Waals surface area contributed by atoms with Crippen LogP contribution in [0.5, 0.6) is 0 Å². The zero-order chi connectivity index (χ0) is 45.0. The van der Waals surface area contributed by atoms with Crippen molar-refractivity contribution >= 4 is 17.1 Å². The minimum atomic E-state index is -0.682. The summed E-state index contributed by atoms with van der Waals surface area (Å²) >= 11 is 0. The molecule has 0 atom stereocenters. The lowest BCUT2D eigenvalue weighted by Gasteiger charge is -2.45. The quantitative estimate of drug-likeness (QED) is 0.154. The summed E-state index contributed by atoms with van der Waals surface area (Å²) in [6.45, 7) is 0. The Balaban J connectivity index is 1.17. The molecule has 0 radical (unpaired) electrons. The van der Waals surface area contributed by atoms with Gasteiger partial charge in [0.05, 0.1) is 16.8 Å². The summed E-state index contributed by atoms with van der Waals surface area (Å²) in [4.78, 5) is 2.51. The number of anilines is 3. The Kier molecular flexibility index (Phi) is 9.47. The van der Waals surface area contributed by atoms with Crippen molar-refractivity contribution in [2.45, 2.75) is 5.41 Å². The molecule has 11 aromatic rings. The van der Waals surface area contributed by atoms with Crippen molar-refractivity contribution < 1.29 is 0 Å². The third-order valence-electron chi connectivity index (χ3n) is 14.3. The van der Waals surface area contributed by atoms with Crippen molar-refractivity contribution in [3.8, 4) is 77.9 Å². The number of hydrogen-bond donors (Lipinski definition) is 0. The first-order valence-electron chi connectivity index (χ1n) is 23.6. The lowest BCUT2D eigenvalue weighted by atomic mass is 9.63. The summed E-state index contributed by atoms with van der Waals surface area (Å²) in [5.41, 5.74) is 24.8. The van der Waals surface area contributed by atoms with E-state index in [1.165, 1.54) is 112 Å². The molecule has 0 N–H and O–H groups in total. The molecule has 1 nitrogen and oxygen atoms in total. The van der Waals surface area contributed by atoms with Crippen molar-refractivity contribution in [3.63, 3.8) is 0 Å². The van der Waals surface area contributed by atoms with Crippen LogP contribution in [0.15, 0.2) is 273 Å². The van der Waals surface area contributed by atoms with E-state index in [-0.39, 0.29) is 0 Å². The number of hydrogen-bond acceptors (Lipinski definition) is 1. The molecule has 0 fully saturated rings. The molecule has 0 saturated heterocycles. The molecular formula is C67H45N. The monoisotopic (exact) mass is 863 g/mol. The first-order chi connectivity index (χ1) is 33.8. The highest BCUT2D eigenvalue weighted by Gasteiger charge is 2.52. The van der Waals surface area contributed by atoms with E-state index in [1.54, 1.807) is 0 Å². The first kappa shape index (κ1) is 39.6. The van der Waals surface area contributed by atoms with Gasteiger partial charge in [-0.2, -0.15) is 0 Å². The van der Waals surface area contributed by atoms with Crippen molar-refractivity contribution in [2.24, 2.45) is 0 Å². The molecule has 1 heteroatoms. The van der Waals surface area contributed by atoms with Crippen LogP contribution >= 0.6 is 0 Å². The lowest BCUT2D eigenvalue weighted by Crippen LogP contribution is -2.36. The molecule has 11 aromatic carbocycles. The van der Waals surface area contributed by atoms with E-state index in [4.69, 9.17) is 0 Å². The molecule has 0 aromatic heterocycles. The van der Waals surface area contributed by atoms with E-state index >= 15 is 0 Å². The van der Waals surface area contributed by atoms with Crippen LogP contribution in [0.3, 0.4) is 0 Å². The summed E-state index contributed by atoms with van der Waals surface area (Å²) in [5, 5.41) is 0. The highest BCUT2D eigenvalue weighted by molar-refractivity contribution is 6.02. The van der Waals surface area contributed by atoms with Gasteiger partial charge >= 0.3 is 0 Å². The number of rotatable bonds is 7. The minimum Gasteiger partial charge on any atom is -0.310 e. The van der Waals surface area contributed by atoms with Crippen LogP contribution in [0.1, 0.15) is 22.3 Å². The van der Waals surface area contributed by atoms with Gasteiger partial charge in [-0.05, 0) is 137 Å². The second-order valence-electron chi connectivity index (χ2n) is 17.9. The van der Waals surface area contributed by atoms with Crippen molar-refractivity contribution in [2.75, 3.05) is 4.90 Å². The Hall–Kier alpha value is -8.78. The molecule has 0 saturated carbocycles. The largest absolute Gasteiger partial charge is 0.310 e. The van der Waals surface area contributed by atoms with Crippen LogP contribution in [-0.4, -0.2) is 0 Å². The molecule has 1 spiro atoms. The molecule has 0 unspecified atom stereocenters. The molecule has 68 heavy (non-hydrogen) atoms. The molecule has 2 aliphatic rings. The average molecular weight is 864 g/mol. The summed E-state index contributed by atoms with van der Waals surface area (Å²) in [6, 6.07) is 101. The Bertz CT molecular complexity index is 3310. The van der Waals surface area contributed by atoms with Gasteiger partial charge in [0.2, 0.25) is 0 Å². The molecular weight excluding hydrogens is 819 g/mol. The van der Waals surface area contributed by atoms with E-state index in [2.05, 4.69) is 278 Å². The summed E-state index contributed by atoms with van der Waals surface area (Å²) < 4.78 is 0. The molecule has 1 heterocycles. The van der Waals surface area contributed by atoms with Gasteiger partial charge in [0.1, 0.15) is 0 Å².